The number of nitrogens with zero attached hydrogens (tertiary/aromatic N) is 2. The first kappa shape index (κ1) is 17.2. The van der Waals surface area contributed by atoms with Crippen LogP contribution in [-0.2, 0) is 9.53 Å². The first-order valence-electron chi connectivity index (χ1n) is 8.02. The molecule has 0 N–H and O–H groups in total. The minimum absolute atomic E-state index is 0.0606. The lowest BCUT2D eigenvalue weighted by Gasteiger charge is -2.10. The molecule has 0 bridgehead atoms. The van der Waals surface area contributed by atoms with E-state index >= 15 is 0 Å². The molecular weight excluding hydrogens is 328 g/mol. The van der Waals surface area contributed by atoms with Crippen molar-refractivity contribution in [3.8, 4) is 18.1 Å². The number of azo groups is 1. The highest BCUT2D eigenvalue weighted by Crippen LogP contribution is 2.36. The molecule has 0 aliphatic carbocycles. The molecule has 5 nitrogen and oxygen atoms in total. The molecule has 0 heterocycles. The molecule has 0 spiro atoms. The third-order valence-corrected chi connectivity index (χ3v) is 3.58. The summed E-state index contributed by atoms with van der Waals surface area (Å²) in [4.78, 5) is 11.0. The fourth-order valence-electron chi connectivity index (χ4n) is 2.38. The second-order valence-electron chi connectivity index (χ2n) is 5.30. The van der Waals surface area contributed by atoms with Gasteiger partial charge in [-0.05, 0) is 23.6 Å². The zero-order valence-electron chi connectivity index (χ0n) is 14.0. The fourth-order valence-corrected chi connectivity index (χ4v) is 2.38. The molecule has 3 rings (SSSR count). The topological polar surface area (TPSA) is 60.2 Å². The Labute approximate surface area is 151 Å². The lowest BCUT2D eigenvalue weighted by molar-refractivity contribution is -0.137. The summed E-state index contributed by atoms with van der Waals surface area (Å²) in [6.07, 6.45) is 4.95. The van der Waals surface area contributed by atoms with Crippen LogP contribution in [-0.4, -0.2) is 19.2 Å². The van der Waals surface area contributed by atoms with Gasteiger partial charge in [-0.1, -0.05) is 48.5 Å². The number of fused-ring (bicyclic) bond motifs is 1. The number of terminal acetylenes is 1. The van der Waals surface area contributed by atoms with E-state index in [1.165, 1.54) is 0 Å². The minimum atomic E-state index is -0.712. The first-order valence-corrected chi connectivity index (χ1v) is 8.02. The van der Waals surface area contributed by atoms with Crippen molar-refractivity contribution in [1.82, 2.24) is 0 Å². The van der Waals surface area contributed by atoms with E-state index in [4.69, 9.17) is 15.9 Å². The molecule has 26 heavy (non-hydrogen) atoms. The molecular formula is C21H16N2O3. The summed E-state index contributed by atoms with van der Waals surface area (Å²) in [5.74, 6) is 1.73. The molecule has 0 aliphatic heterocycles. The predicted octanol–water partition coefficient (Wildman–Crippen LogP) is 4.81. The molecule has 3 aromatic carbocycles. The Morgan fingerprint density at radius 2 is 1.69 bits per heavy atom. The van der Waals surface area contributed by atoms with Gasteiger partial charge in [-0.15, -0.1) is 11.5 Å². The summed E-state index contributed by atoms with van der Waals surface area (Å²) < 4.78 is 10.5. The van der Waals surface area contributed by atoms with Crippen molar-refractivity contribution in [2.24, 2.45) is 10.2 Å². The first-order chi connectivity index (χ1) is 12.8. The molecule has 5 heteroatoms. The van der Waals surface area contributed by atoms with E-state index in [1.54, 1.807) is 0 Å². The molecule has 128 valence electrons. The Bertz CT molecular complexity index is 975. The minimum Gasteiger partial charge on any atom is -0.488 e. The van der Waals surface area contributed by atoms with Gasteiger partial charge in [-0.3, -0.25) is 0 Å². The van der Waals surface area contributed by atoms with E-state index < -0.39 is 5.97 Å². The maximum atomic E-state index is 11.0. The second-order valence-corrected chi connectivity index (χ2v) is 5.30. The van der Waals surface area contributed by atoms with Gasteiger partial charge >= 0.3 is 5.97 Å². The number of rotatable bonds is 6. The zero-order chi connectivity index (χ0) is 18.2. The summed E-state index contributed by atoms with van der Waals surface area (Å²) in [6, 6.07) is 21.1. The van der Waals surface area contributed by atoms with Crippen LogP contribution in [0.5, 0.6) is 5.75 Å². The van der Waals surface area contributed by atoms with Crippen LogP contribution in [0.4, 0.5) is 11.4 Å². The number of benzene rings is 3. The monoisotopic (exact) mass is 344 g/mol. The van der Waals surface area contributed by atoms with Crippen molar-refractivity contribution in [2.75, 3.05) is 13.2 Å². The highest BCUT2D eigenvalue weighted by atomic mass is 16.6. The average Bonchev–Trinajstić information content (AvgIpc) is 2.70. The quantitative estimate of drug-likeness (QED) is 0.212. The van der Waals surface area contributed by atoms with Gasteiger partial charge in [0.25, 0.3) is 0 Å². The number of ether oxygens (including phenoxy) is 2. The van der Waals surface area contributed by atoms with Crippen LogP contribution >= 0.6 is 0 Å². The largest absolute Gasteiger partial charge is 0.488 e. The summed E-state index contributed by atoms with van der Waals surface area (Å²) in [5, 5.41) is 10.6. The van der Waals surface area contributed by atoms with Gasteiger partial charge in [0, 0.05) is 11.3 Å². The van der Waals surface area contributed by atoms with Gasteiger partial charge in [-0.2, -0.15) is 5.11 Å². The van der Waals surface area contributed by atoms with Crippen LogP contribution in [0, 0.1) is 12.3 Å². The van der Waals surface area contributed by atoms with E-state index in [9.17, 15) is 4.79 Å². The Morgan fingerprint density at radius 3 is 2.50 bits per heavy atom. The maximum absolute atomic E-state index is 11.0. The zero-order valence-corrected chi connectivity index (χ0v) is 14.0. The third kappa shape index (κ3) is 4.25. The van der Waals surface area contributed by atoms with Crippen molar-refractivity contribution in [3.05, 3.63) is 66.7 Å². The standard InChI is InChI=1S/C21H16N2O3/c1-2-20(24)26-15-14-25-19-13-12-16-8-6-7-11-18(16)21(19)23-22-17-9-4-3-5-10-17/h1,3-13H,14-15H2. The van der Waals surface area contributed by atoms with Crippen molar-refractivity contribution >= 4 is 28.1 Å². The van der Waals surface area contributed by atoms with Crippen molar-refractivity contribution in [2.45, 2.75) is 0 Å². The Balaban J connectivity index is 1.86. The second kappa shape index (κ2) is 8.45. The van der Waals surface area contributed by atoms with Gasteiger partial charge in [-0.25, -0.2) is 4.79 Å². The lowest BCUT2D eigenvalue weighted by Crippen LogP contribution is -2.10. The molecule has 3 aromatic rings. The Morgan fingerprint density at radius 1 is 0.923 bits per heavy atom. The van der Waals surface area contributed by atoms with Crippen molar-refractivity contribution in [3.63, 3.8) is 0 Å². The van der Waals surface area contributed by atoms with E-state index in [2.05, 4.69) is 10.2 Å². The number of esters is 1. The van der Waals surface area contributed by atoms with Crippen molar-refractivity contribution < 1.29 is 14.3 Å². The highest BCUT2D eigenvalue weighted by Gasteiger charge is 2.09. The molecule has 0 amide bonds. The lowest BCUT2D eigenvalue weighted by atomic mass is 10.1. The Hall–Kier alpha value is -3.65. The number of carbonyl (C=O) groups excluding carboxylic acids is 1. The molecule has 0 fully saturated rings. The maximum Gasteiger partial charge on any atom is 0.384 e. The summed E-state index contributed by atoms with van der Waals surface area (Å²) in [7, 11) is 0. The van der Waals surface area contributed by atoms with Crippen LogP contribution in [0.1, 0.15) is 0 Å². The summed E-state index contributed by atoms with van der Waals surface area (Å²) >= 11 is 0. The number of carbonyl (C=O) groups is 1. The number of hydrogen-bond acceptors (Lipinski definition) is 5. The van der Waals surface area contributed by atoms with Gasteiger partial charge in [0.1, 0.15) is 24.7 Å². The van der Waals surface area contributed by atoms with E-state index in [0.717, 1.165) is 16.5 Å². The molecule has 0 saturated heterocycles. The van der Waals surface area contributed by atoms with E-state index in [1.807, 2.05) is 72.7 Å². The average molecular weight is 344 g/mol. The molecule has 0 radical (unpaired) electrons. The van der Waals surface area contributed by atoms with E-state index in [0.29, 0.717) is 11.4 Å². The summed E-state index contributed by atoms with van der Waals surface area (Å²) in [6.45, 7) is 0.227. The smallest absolute Gasteiger partial charge is 0.384 e. The fraction of sp³-hybridized carbons (Fsp3) is 0.0952. The molecule has 0 atom stereocenters. The van der Waals surface area contributed by atoms with Gasteiger partial charge in [0.2, 0.25) is 0 Å². The number of hydrogen-bond donors (Lipinski definition) is 0. The predicted molar refractivity (Wildman–Crippen MR) is 99.9 cm³/mol. The molecule has 0 unspecified atom stereocenters. The van der Waals surface area contributed by atoms with E-state index in [-0.39, 0.29) is 13.2 Å². The van der Waals surface area contributed by atoms with Crippen LogP contribution in [0.2, 0.25) is 0 Å². The summed E-state index contributed by atoms with van der Waals surface area (Å²) in [5.41, 5.74) is 1.37. The normalized spacial score (nSPS) is 10.6. The highest BCUT2D eigenvalue weighted by molar-refractivity contribution is 5.95. The van der Waals surface area contributed by atoms with Crippen LogP contribution in [0.25, 0.3) is 10.8 Å². The van der Waals surface area contributed by atoms with Crippen LogP contribution < -0.4 is 4.74 Å². The van der Waals surface area contributed by atoms with Gasteiger partial charge in [0.05, 0.1) is 5.69 Å². The van der Waals surface area contributed by atoms with Crippen molar-refractivity contribution in [1.29, 1.82) is 0 Å². The third-order valence-electron chi connectivity index (χ3n) is 3.58. The molecule has 0 aromatic heterocycles. The Kier molecular flexibility index (Phi) is 5.58. The van der Waals surface area contributed by atoms with Crippen LogP contribution in [0.3, 0.4) is 0 Å². The van der Waals surface area contributed by atoms with Gasteiger partial charge in [0.15, 0.2) is 0 Å². The SMILES string of the molecule is C#CC(=O)OCCOc1ccc2ccccc2c1N=Nc1ccccc1. The molecule has 0 aliphatic rings. The van der Waals surface area contributed by atoms with Gasteiger partial charge < -0.3 is 9.47 Å². The van der Waals surface area contributed by atoms with Crippen LogP contribution in [0.15, 0.2) is 77.0 Å². The molecule has 0 saturated carbocycles.